The van der Waals surface area contributed by atoms with E-state index in [1.807, 2.05) is 13.0 Å². The monoisotopic (exact) mass is 506 g/mol. The molecule has 1 aromatic heterocycles. The lowest BCUT2D eigenvalue weighted by Gasteiger charge is -2.18. The van der Waals surface area contributed by atoms with E-state index < -0.39 is 35.2 Å². The Labute approximate surface area is 204 Å². The van der Waals surface area contributed by atoms with Gasteiger partial charge in [-0.25, -0.2) is 14.2 Å². The molecule has 0 amide bonds. The van der Waals surface area contributed by atoms with Gasteiger partial charge in [-0.15, -0.1) is 0 Å². The highest BCUT2D eigenvalue weighted by atomic mass is 19.4. The molecule has 0 saturated heterocycles. The summed E-state index contributed by atoms with van der Waals surface area (Å²) in [7, 11) is 0.940. The van der Waals surface area contributed by atoms with Crippen molar-refractivity contribution < 1.29 is 32.5 Å². The first-order valence-corrected chi connectivity index (χ1v) is 11.1. The molecular formula is C25H25F3N2O6. The van der Waals surface area contributed by atoms with Gasteiger partial charge in [0.1, 0.15) is 23.8 Å². The molecule has 0 bridgehead atoms. The number of carboxylic acid groups (broad SMARTS) is 1. The van der Waals surface area contributed by atoms with Gasteiger partial charge >= 0.3 is 17.8 Å². The number of carboxylic acids is 1. The number of nitrogens with zero attached hydrogens (tertiary/aromatic N) is 2. The summed E-state index contributed by atoms with van der Waals surface area (Å²) in [6.45, 7) is 3.70. The predicted octanol–water partition coefficient (Wildman–Crippen LogP) is 3.94. The van der Waals surface area contributed by atoms with Gasteiger partial charge in [0.25, 0.3) is 5.56 Å². The normalized spacial score (nSPS) is 12.3. The summed E-state index contributed by atoms with van der Waals surface area (Å²) in [6.07, 6.45) is -4.86. The Hall–Kier alpha value is -4.02. The third-order valence-corrected chi connectivity index (χ3v) is 5.56. The zero-order chi connectivity index (χ0) is 26.6. The lowest BCUT2D eigenvalue weighted by atomic mass is 10.1. The Morgan fingerprint density at radius 2 is 1.72 bits per heavy atom. The highest BCUT2D eigenvalue weighted by molar-refractivity contribution is 5.72. The van der Waals surface area contributed by atoms with Crippen LogP contribution in [0.5, 0.6) is 11.5 Å². The molecule has 0 saturated carbocycles. The van der Waals surface area contributed by atoms with Crippen molar-refractivity contribution in [1.29, 1.82) is 0 Å². The SMILES string of the molecule is CCc1ccc(COc2ccc(-n3c(=O)cc(C(F)(F)F)n(C)c3=O)cc2)c(OC(CC)C(=O)O)c1. The maximum Gasteiger partial charge on any atom is 0.431 e. The van der Waals surface area contributed by atoms with Crippen molar-refractivity contribution in [2.75, 3.05) is 0 Å². The van der Waals surface area contributed by atoms with Gasteiger partial charge in [0.05, 0.1) is 5.69 Å². The van der Waals surface area contributed by atoms with Crippen LogP contribution in [0.15, 0.2) is 58.1 Å². The summed E-state index contributed by atoms with van der Waals surface area (Å²) in [6, 6.07) is 11.5. The molecule has 1 N–H and O–H groups in total. The van der Waals surface area contributed by atoms with E-state index in [1.165, 1.54) is 24.3 Å². The maximum absolute atomic E-state index is 13.1. The molecule has 1 heterocycles. The van der Waals surface area contributed by atoms with Gasteiger partial charge in [0.2, 0.25) is 0 Å². The Kier molecular flexibility index (Phi) is 7.91. The van der Waals surface area contributed by atoms with Crippen LogP contribution in [-0.2, 0) is 31.0 Å². The molecule has 3 rings (SSSR count). The second-order valence-corrected chi connectivity index (χ2v) is 7.97. The van der Waals surface area contributed by atoms with Crippen LogP contribution in [0.25, 0.3) is 5.69 Å². The van der Waals surface area contributed by atoms with Crippen LogP contribution in [0.4, 0.5) is 13.2 Å². The predicted molar refractivity (Wildman–Crippen MR) is 125 cm³/mol. The minimum Gasteiger partial charge on any atom is -0.489 e. The van der Waals surface area contributed by atoms with Crippen molar-refractivity contribution in [1.82, 2.24) is 9.13 Å². The van der Waals surface area contributed by atoms with Crippen LogP contribution in [0.1, 0.15) is 37.1 Å². The molecule has 192 valence electrons. The molecule has 36 heavy (non-hydrogen) atoms. The number of halogens is 3. The largest absolute Gasteiger partial charge is 0.489 e. The number of aliphatic carboxylic acids is 1. The van der Waals surface area contributed by atoms with E-state index in [9.17, 15) is 32.7 Å². The van der Waals surface area contributed by atoms with Crippen molar-refractivity contribution in [3.8, 4) is 17.2 Å². The number of rotatable bonds is 9. The number of aryl methyl sites for hydroxylation is 1. The Morgan fingerprint density at radius 3 is 2.28 bits per heavy atom. The smallest absolute Gasteiger partial charge is 0.431 e. The van der Waals surface area contributed by atoms with E-state index in [1.54, 1.807) is 19.1 Å². The third kappa shape index (κ3) is 5.78. The zero-order valence-electron chi connectivity index (χ0n) is 19.8. The van der Waals surface area contributed by atoms with Gasteiger partial charge in [0, 0.05) is 18.7 Å². The fourth-order valence-electron chi connectivity index (χ4n) is 3.50. The number of aromatic nitrogens is 2. The topological polar surface area (TPSA) is 99.8 Å². The fourth-order valence-corrected chi connectivity index (χ4v) is 3.50. The summed E-state index contributed by atoms with van der Waals surface area (Å²) in [4.78, 5) is 36.1. The average molecular weight is 506 g/mol. The zero-order valence-corrected chi connectivity index (χ0v) is 19.8. The second-order valence-electron chi connectivity index (χ2n) is 7.97. The van der Waals surface area contributed by atoms with Crippen LogP contribution >= 0.6 is 0 Å². The molecule has 2 aromatic carbocycles. The van der Waals surface area contributed by atoms with Crippen molar-refractivity contribution in [3.05, 3.63) is 86.2 Å². The lowest BCUT2D eigenvalue weighted by molar-refractivity contribution is -0.145. The van der Waals surface area contributed by atoms with Crippen LogP contribution in [0.3, 0.4) is 0 Å². The molecule has 1 unspecified atom stereocenters. The first kappa shape index (κ1) is 26.6. The summed E-state index contributed by atoms with van der Waals surface area (Å²) in [5.74, 6) is -0.335. The fraction of sp³-hybridized carbons (Fsp3) is 0.320. The van der Waals surface area contributed by atoms with Gasteiger partial charge in [-0.05, 0) is 48.7 Å². The number of alkyl halides is 3. The first-order chi connectivity index (χ1) is 17.0. The molecule has 11 heteroatoms. The first-order valence-electron chi connectivity index (χ1n) is 11.1. The Bertz CT molecular complexity index is 1360. The molecule has 3 aromatic rings. The quantitative estimate of drug-likeness (QED) is 0.472. The van der Waals surface area contributed by atoms with E-state index in [0.29, 0.717) is 32.3 Å². The van der Waals surface area contributed by atoms with Crippen molar-refractivity contribution in [2.24, 2.45) is 7.05 Å². The Morgan fingerprint density at radius 1 is 1.06 bits per heavy atom. The van der Waals surface area contributed by atoms with E-state index >= 15 is 0 Å². The van der Waals surface area contributed by atoms with E-state index in [0.717, 1.165) is 19.0 Å². The minimum absolute atomic E-state index is 0.0384. The molecule has 0 aliphatic heterocycles. The number of ether oxygens (including phenoxy) is 2. The van der Waals surface area contributed by atoms with Crippen LogP contribution in [-0.4, -0.2) is 26.3 Å². The summed E-state index contributed by atoms with van der Waals surface area (Å²) < 4.78 is 51.6. The summed E-state index contributed by atoms with van der Waals surface area (Å²) in [5, 5.41) is 9.33. The number of benzene rings is 2. The van der Waals surface area contributed by atoms with Gasteiger partial charge in [0.15, 0.2) is 6.10 Å². The molecule has 0 aliphatic carbocycles. The van der Waals surface area contributed by atoms with Crippen LogP contribution in [0.2, 0.25) is 0 Å². The van der Waals surface area contributed by atoms with E-state index in [2.05, 4.69) is 0 Å². The third-order valence-electron chi connectivity index (χ3n) is 5.56. The minimum atomic E-state index is -4.84. The number of carbonyl (C=O) groups is 1. The van der Waals surface area contributed by atoms with Crippen molar-refractivity contribution >= 4 is 5.97 Å². The second kappa shape index (κ2) is 10.7. The molecule has 8 nitrogen and oxygen atoms in total. The molecular weight excluding hydrogens is 481 g/mol. The van der Waals surface area contributed by atoms with Gasteiger partial charge < -0.3 is 14.6 Å². The van der Waals surface area contributed by atoms with Crippen LogP contribution in [0, 0.1) is 0 Å². The van der Waals surface area contributed by atoms with E-state index in [4.69, 9.17) is 9.47 Å². The molecule has 0 radical (unpaired) electrons. The highest BCUT2D eigenvalue weighted by Crippen LogP contribution is 2.27. The van der Waals surface area contributed by atoms with Crippen molar-refractivity contribution in [3.63, 3.8) is 0 Å². The number of hydrogen-bond acceptors (Lipinski definition) is 5. The van der Waals surface area contributed by atoms with Crippen molar-refractivity contribution in [2.45, 2.75) is 45.6 Å². The van der Waals surface area contributed by atoms with Gasteiger partial charge in [-0.3, -0.25) is 9.36 Å². The molecule has 0 spiro atoms. The average Bonchev–Trinajstić information content (AvgIpc) is 2.83. The maximum atomic E-state index is 13.1. The standard InChI is InChI=1S/C25H25F3N2O6/c1-4-15-6-7-16(20(12-15)36-19(5-2)23(32)33)14-35-18-10-8-17(9-11-18)30-22(31)13-21(25(26,27)28)29(3)24(30)34/h6-13,19H,4-5,14H2,1-3H3,(H,32,33). The number of hydrogen-bond donors (Lipinski definition) is 1. The summed E-state index contributed by atoms with van der Waals surface area (Å²) in [5.41, 5.74) is -1.93. The molecule has 0 fully saturated rings. The Balaban J connectivity index is 1.84. The highest BCUT2D eigenvalue weighted by Gasteiger charge is 2.35. The molecule has 1 atom stereocenters. The van der Waals surface area contributed by atoms with Crippen LogP contribution < -0.4 is 20.7 Å². The van der Waals surface area contributed by atoms with Gasteiger partial charge in [-0.2, -0.15) is 13.2 Å². The van der Waals surface area contributed by atoms with Gasteiger partial charge in [-0.1, -0.05) is 26.0 Å². The summed E-state index contributed by atoms with van der Waals surface area (Å²) >= 11 is 0. The molecule has 0 aliphatic rings. The van der Waals surface area contributed by atoms with E-state index in [-0.39, 0.29) is 18.7 Å². The lowest BCUT2D eigenvalue weighted by Crippen LogP contribution is -2.40.